The van der Waals surface area contributed by atoms with Gasteiger partial charge >= 0.3 is 0 Å². The molecular weight excluding hydrogens is 217 g/mol. The number of sulfone groups is 1. The van der Waals surface area contributed by atoms with Crippen molar-refractivity contribution in [1.82, 2.24) is 0 Å². The Morgan fingerprint density at radius 1 is 1.40 bits per heavy atom. The zero-order valence-electron chi connectivity index (χ0n) is 8.70. The molecule has 0 saturated carbocycles. The first-order chi connectivity index (χ1) is 6.84. The minimum absolute atomic E-state index is 0.0218. The lowest BCUT2D eigenvalue weighted by atomic mass is 10.2. The first kappa shape index (κ1) is 12.0. The molecule has 0 saturated heterocycles. The highest BCUT2D eigenvalue weighted by atomic mass is 32.2. The second-order valence-corrected chi connectivity index (χ2v) is 6.23. The molecule has 0 heterocycles. The number of hydrogen-bond acceptors (Lipinski definition) is 3. The van der Waals surface area contributed by atoms with Gasteiger partial charge in [-0.2, -0.15) is 0 Å². The van der Waals surface area contributed by atoms with Gasteiger partial charge < -0.3 is 5.73 Å². The Balaban J connectivity index is 3.06. The maximum absolute atomic E-state index is 13.4. The minimum Gasteiger partial charge on any atom is -0.396 e. The molecule has 1 aromatic rings. The van der Waals surface area contributed by atoms with Crippen molar-refractivity contribution in [2.24, 2.45) is 0 Å². The van der Waals surface area contributed by atoms with E-state index in [1.165, 1.54) is 12.1 Å². The molecule has 0 bridgehead atoms. The fraction of sp³-hybridized carbons (Fsp3) is 0.400. The zero-order valence-corrected chi connectivity index (χ0v) is 9.51. The predicted molar refractivity (Wildman–Crippen MR) is 58.6 cm³/mol. The van der Waals surface area contributed by atoms with Crippen molar-refractivity contribution in [2.75, 3.05) is 5.73 Å². The summed E-state index contributed by atoms with van der Waals surface area (Å²) in [6, 6.07) is 4.38. The third-order valence-electron chi connectivity index (χ3n) is 2.18. The number of nitrogen functional groups attached to an aromatic ring is 1. The average molecular weight is 231 g/mol. The molecule has 84 valence electrons. The fourth-order valence-electron chi connectivity index (χ4n) is 1.09. The van der Waals surface area contributed by atoms with Gasteiger partial charge in [0, 0.05) is 5.56 Å². The van der Waals surface area contributed by atoms with Gasteiger partial charge in [-0.1, -0.05) is 12.1 Å². The highest BCUT2D eigenvalue weighted by molar-refractivity contribution is 7.91. The lowest BCUT2D eigenvalue weighted by molar-refractivity contribution is 0.580. The van der Waals surface area contributed by atoms with Gasteiger partial charge in [0.1, 0.15) is 5.82 Å². The third kappa shape index (κ3) is 2.68. The second-order valence-electron chi connectivity index (χ2n) is 3.68. The number of hydrogen-bond donors (Lipinski definition) is 1. The van der Waals surface area contributed by atoms with Gasteiger partial charge in [0.2, 0.25) is 0 Å². The van der Waals surface area contributed by atoms with Crippen LogP contribution in [0, 0.1) is 5.82 Å². The van der Waals surface area contributed by atoms with Gasteiger partial charge in [-0.25, -0.2) is 12.8 Å². The molecule has 0 spiro atoms. The van der Waals surface area contributed by atoms with Gasteiger partial charge in [0.25, 0.3) is 0 Å². The Morgan fingerprint density at radius 3 is 2.53 bits per heavy atom. The van der Waals surface area contributed by atoms with E-state index >= 15 is 0 Å². The summed E-state index contributed by atoms with van der Waals surface area (Å²) in [6.45, 7) is 3.14. The van der Waals surface area contributed by atoms with E-state index in [1.54, 1.807) is 19.9 Å². The number of halogens is 1. The van der Waals surface area contributed by atoms with Crippen LogP contribution in [-0.4, -0.2) is 13.7 Å². The Morgan fingerprint density at radius 2 is 2.00 bits per heavy atom. The van der Waals surface area contributed by atoms with E-state index in [-0.39, 0.29) is 17.0 Å². The number of rotatable bonds is 3. The van der Waals surface area contributed by atoms with Gasteiger partial charge in [-0.3, -0.25) is 0 Å². The SMILES string of the molecule is CC(C)S(=O)(=O)Cc1cccc(N)c1F. The molecule has 0 atom stereocenters. The summed E-state index contributed by atoms with van der Waals surface area (Å²) in [7, 11) is -3.29. The van der Waals surface area contributed by atoms with E-state index < -0.39 is 20.9 Å². The Hall–Kier alpha value is -1.10. The lowest BCUT2D eigenvalue weighted by Crippen LogP contribution is -2.17. The molecule has 5 heteroatoms. The molecule has 2 N–H and O–H groups in total. The molecule has 0 radical (unpaired) electrons. The summed E-state index contributed by atoms with van der Waals surface area (Å²) in [5.41, 5.74) is 5.45. The largest absolute Gasteiger partial charge is 0.396 e. The molecule has 0 fully saturated rings. The molecule has 3 nitrogen and oxygen atoms in total. The van der Waals surface area contributed by atoms with Gasteiger partial charge in [-0.15, -0.1) is 0 Å². The van der Waals surface area contributed by atoms with Gasteiger partial charge in [0.15, 0.2) is 9.84 Å². The predicted octanol–water partition coefficient (Wildman–Crippen LogP) is 1.73. The van der Waals surface area contributed by atoms with E-state index in [0.29, 0.717) is 0 Å². The third-order valence-corrected chi connectivity index (χ3v) is 4.33. The molecule has 0 aliphatic heterocycles. The summed E-state index contributed by atoms with van der Waals surface area (Å²) >= 11 is 0. The Kier molecular flexibility index (Phi) is 3.34. The molecule has 0 aromatic heterocycles. The van der Waals surface area contributed by atoms with Gasteiger partial charge in [0.05, 0.1) is 16.7 Å². The number of benzene rings is 1. The van der Waals surface area contributed by atoms with Crippen LogP contribution in [0.4, 0.5) is 10.1 Å². The monoisotopic (exact) mass is 231 g/mol. The van der Waals surface area contributed by atoms with Crippen molar-refractivity contribution in [3.8, 4) is 0 Å². The fourth-order valence-corrected chi connectivity index (χ4v) is 2.08. The van der Waals surface area contributed by atoms with E-state index in [9.17, 15) is 12.8 Å². The van der Waals surface area contributed by atoms with Crippen LogP contribution in [0.5, 0.6) is 0 Å². The van der Waals surface area contributed by atoms with E-state index in [1.807, 2.05) is 0 Å². The lowest BCUT2D eigenvalue weighted by Gasteiger charge is -2.09. The van der Waals surface area contributed by atoms with Gasteiger partial charge in [-0.05, 0) is 19.9 Å². The summed E-state index contributed by atoms with van der Waals surface area (Å²) in [4.78, 5) is 0. The summed E-state index contributed by atoms with van der Waals surface area (Å²) < 4.78 is 36.5. The number of anilines is 1. The van der Waals surface area contributed by atoms with Crippen molar-refractivity contribution in [3.63, 3.8) is 0 Å². The van der Waals surface area contributed by atoms with Crippen LogP contribution < -0.4 is 5.73 Å². The van der Waals surface area contributed by atoms with Crippen molar-refractivity contribution in [3.05, 3.63) is 29.6 Å². The highest BCUT2D eigenvalue weighted by Gasteiger charge is 2.19. The van der Waals surface area contributed by atoms with Crippen LogP contribution in [0.2, 0.25) is 0 Å². The molecule has 0 amide bonds. The van der Waals surface area contributed by atoms with Crippen molar-refractivity contribution in [1.29, 1.82) is 0 Å². The van der Waals surface area contributed by atoms with Crippen LogP contribution in [-0.2, 0) is 15.6 Å². The molecule has 0 unspecified atom stereocenters. The smallest absolute Gasteiger partial charge is 0.156 e. The normalized spacial score (nSPS) is 12.0. The number of nitrogens with two attached hydrogens (primary N) is 1. The van der Waals surface area contributed by atoms with Crippen LogP contribution in [0.15, 0.2) is 18.2 Å². The van der Waals surface area contributed by atoms with Crippen molar-refractivity contribution < 1.29 is 12.8 Å². The van der Waals surface area contributed by atoms with Crippen LogP contribution >= 0.6 is 0 Å². The van der Waals surface area contributed by atoms with Crippen molar-refractivity contribution in [2.45, 2.75) is 24.9 Å². The molecular formula is C10H14FNO2S. The van der Waals surface area contributed by atoms with Crippen LogP contribution in [0.25, 0.3) is 0 Å². The molecule has 1 rings (SSSR count). The van der Waals surface area contributed by atoms with E-state index in [4.69, 9.17) is 5.73 Å². The molecule has 1 aromatic carbocycles. The zero-order chi connectivity index (χ0) is 11.6. The summed E-state index contributed by atoms with van der Waals surface area (Å²) in [5, 5.41) is -0.515. The summed E-state index contributed by atoms with van der Waals surface area (Å²) in [6.07, 6.45) is 0. The van der Waals surface area contributed by atoms with E-state index in [0.717, 1.165) is 0 Å². The van der Waals surface area contributed by atoms with Crippen LogP contribution in [0.1, 0.15) is 19.4 Å². The highest BCUT2D eigenvalue weighted by Crippen LogP contribution is 2.18. The topological polar surface area (TPSA) is 60.2 Å². The quantitative estimate of drug-likeness (QED) is 0.806. The standard InChI is InChI=1S/C10H14FNO2S/c1-7(2)15(13,14)6-8-4-3-5-9(12)10(8)11/h3-5,7H,6,12H2,1-2H3. The Bertz CT molecular complexity index is 454. The first-order valence-electron chi connectivity index (χ1n) is 4.59. The maximum atomic E-state index is 13.4. The maximum Gasteiger partial charge on any atom is 0.156 e. The van der Waals surface area contributed by atoms with E-state index in [2.05, 4.69) is 0 Å². The Labute approximate surface area is 89.0 Å². The minimum atomic E-state index is -3.29. The molecule has 15 heavy (non-hydrogen) atoms. The second kappa shape index (κ2) is 4.18. The molecule has 0 aliphatic carbocycles. The average Bonchev–Trinajstić information content (AvgIpc) is 2.12. The first-order valence-corrected chi connectivity index (χ1v) is 6.30. The summed E-state index contributed by atoms with van der Waals surface area (Å²) in [5.74, 6) is -0.941. The molecule has 0 aliphatic rings. The van der Waals surface area contributed by atoms with Crippen molar-refractivity contribution >= 4 is 15.5 Å². The van der Waals surface area contributed by atoms with Crippen LogP contribution in [0.3, 0.4) is 0 Å².